The molecule has 2 aromatic carbocycles. The lowest BCUT2D eigenvalue weighted by molar-refractivity contribution is 0.0471. The van der Waals surface area contributed by atoms with Crippen LogP contribution >= 0.6 is 15.9 Å². The summed E-state index contributed by atoms with van der Waals surface area (Å²) in [4.78, 5) is 12.0. The van der Waals surface area contributed by atoms with E-state index in [2.05, 4.69) is 15.9 Å². The first kappa shape index (κ1) is 14.5. The van der Waals surface area contributed by atoms with Gasteiger partial charge in [-0.25, -0.2) is 9.18 Å². The zero-order valence-corrected chi connectivity index (χ0v) is 12.4. The SMILES string of the molecule is Cc1cc(N)ccc1C(=O)OCc1cc(F)cc(Br)c1. The van der Waals surface area contributed by atoms with E-state index < -0.39 is 5.97 Å². The molecule has 0 aliphatic carbocycles. The summed E-state index contributed by atoms with van der Waals surface area (Å²) < 4.78 is 19.0. The van der Waals surface area contributed by atoms with Gasteiger partial charge < -0.3 is 10.5 Å². The Morgan fingerprint density at radius 2 is 2.05 bits per heavy atom. The minimum atomic E-state index is -0.456. The van der Waals surface area contributed by atoms with Crippen LogP contribution in [0.4, 0.5) is 10.1 Å². The summed E-state index contributed by atoms with van der Waals surface area (Å²) in [6.45, 7) is 1.80. The van der Waals surface area contributed by atoms with Crippen molar-refractivity contribution in [2.24, 2.45) is 0 Å². The van der Waals surface area contributed by atoms with E-state index in [0.29, 0.717) is 21.3 Å². The fourth-order valence-corrected chi connectivity index (χ4v) is 2.35. The Labute approximate surface area is 124 Å². The van der Waals surface area contributed by atoms with E-state index in [9.17, 15) is 9.18 Å². The molecule has 5 heteroatoms. The molecule has 0 unspecified atom stereocenters. The molecule has 0 saturated heterocycles. The Balaban J connectivity index is 2.08. The molecule has 0 saturated carbocycles. The van der Waals surface area contributed by atoms with Crippen LogP contribution in [0.2, 0.25) is 0 Å². The molecular weight excluding hydrogens is 325 g/mol. The van der Waals surface area contributed by atoms with Gasteiger partial charge in [-0.3, -0.25) is 0 Å². The summed E-state index contributed by atoms with van der Waals surface area (Å²) in [6.07, 6.45) is 0. The summed E-state index contributed by atoms with van der Waals surface area (Å²) in [5.41, 5.74) is 8.00. The van der Waals surface area contributed by atoms with Crippen molar-refractivity contribution in [2.75, 3.05) is 5.73 Å². The predicted octanol–water partition coefficient (Wildman–Crippen LogP) is 3.84. The third-order valence-corrected chi connectivity index (χ3v) is 3.22. The molecule has 3 nitrogen and oxygen atoms in total. The Morgan fingerprint density at radius 3 is 2.70 bits per heavy atom. The number of nitrogens with two attached hydrogens (primary N) is 1. The van der Waals surface area contributed by atoms with Crippen LogP contribution in [0.25, 0.3) is 0 Å². The lowest BCUT2D eigenvalue weighted by Crippen LogP contribution is -2.07. The number of ether oxygens (including phenoxy) is 1. The maximum atomic E-state index is 13.2. The second-order valence-corrected chi connectivity index (χ2v) is 5.34. The molecule has 2 aromatic rings. The highest BCUT2D eigenvalue weighted by atomic mass is 79.9. The summed E-state index contributed by atoms with van der Waals surface area (Å²) in [7, 11) is 0. The zero-order valence-electron chi connectivity index (χ0n) is 10.8. The third-order valence-electron chi connectivity index (χ3n) is 2.76. The summed E-state index contributed by atoms with van der Waals surface area (Å²) >= 11 is 3.19. The van der Waals surface area contributed by atoms with Gasteiger partial charge >= 0.3 is 5.97 Å². The van der Waals surface area contributed by atoms with Crippen LogP contribution in [0.5, 0.6) is 0 Å². The summed E-state index contributed by atoms with van der Waals surface area (Å²) in [5, 5.41) is 0. The van der Waals surface area contributed by atoms with Gasteiger partial charge in [0.1, 0.15) is 12.4 Å². The van der Waals surface area contributed by atoms with Crippen molar-refractivity contribution in [1.82, 2.24) is 0 Å². The van der Waals surface area contributed by atoms with Crippen molar-refractivity contribution < 1.29 is 13.9 Å². The molecular formula is C15H13BrFNO2. The predicted molar refractivity (Wildman–Crippen MR) is 78.8 cm³/mol. The number of aryl methyl sites for hydroxylation is 1. The number of anilines is 1. The maximum absolute atomic E-state index is 13.2. The number of nitrogen functional groups attached to an aromatic ring is 1. The van der Waals surface area contributed by atoms with Crippen LogP contribution in [-0.4, -0.2) is 5.97 Å². The van der Waals surface area contributed by atoms with E-state index >= 15 is 0 Å². The van der Waals surface area contributed by atoms with E-state index in [1.165, 1.54) is 12.1 Å². The van der Waals surface area contributed by atoms with E-state index in [1.54, 1.807) is 31.2 Å². The lowest BCUT2D eigenvalue weighted by Gasteiger charge is -2.08. The summed E-state index contributed by atoms with van der Waals surface area (Å²) in [6, 6.07) is 9.34. The van der Waals surface area contributed by atoms with Crippen molar-refractivity contribution in [3.63, 3.8) is 0 Å². The van der Waals surface area contributed by atoms with Crippen LogP contribution in [-0.2, 0) is 11.3 Å². The molecule has 0 amide bonds. The van der Waals surface area contributed by atoms with Gasteiger partial charge in [0.05, 0.1) is 5.56 Å². The first-order valence-electron chi connectivity index (χ1n) is 5.94. The average Bonchev–Trinajstić information content (AvgIpc) is 2.35. The van der Waals surface area contributed by atoms with E-state index in [-0.39, 0.29) is 12.4 Å². The largest absolute Gasteiger partial charge is 0.457 e. The van der Waals surface area contributed by atoms with Gasteiger partial charge in [-0.2, -0.15) is 0 Å². The molecule has 0 bridgehead atoms. The molecule has 0 radical (unpaired) electrons. The molecule has 0 atom stereocenters. The molecule has 0 aliphatic heterocycles. The van der Waals surface area contributed by atoms with Crippen molar-refractivity contribution in [3.05, 3.63) is 63.4 Å². The Kier molecular flexibility index (Phi) is 4.39. The smallest absolute Gasteiger partial charge is 0.338 e. The third kappa shape index (κ3) is 3.57. The highest BCUT2D eigenvalue weighted by molar-refractivity contribution is 9.10. The summed E-state index contributed by atoms with van der Waals surface area (Å²) in [5.74, 6) is -0.836. The lowest BCUT2D eigenvalue weighted by atomic mass is 10.1. The van der Waals surface area contributed by atoms with Crippen LogP contribution in [0.15, 0.2) is 40.9 Å². The van der Waals surface area contributed by atoms with Gasteiger partial charge in [-0.1, -0.05) is 15.9 Å². The standard InChI is InChI=1S/C15H13BrFNO2/c1-9-4-13(18)2-3-14(9)15(19)20-8-10-5-11(16)7-12(17)6-10/h2-7H,8,18H2,1H3. The fraction of sp³-hybridized carbons (Fsp3) is 0.133. The van der Waals surface area contributed by atoms with Crippen LogP contribution < -0.4 is 5.73 Å². The Bertz CT molecular complexity index is 638. The molecule has 0 spiro atoms. The number of carbonyl (C=O) groups is 1. The van der Waals surface area contributed by atoms with Crippen molar-refractivity contribution in [1.29, 1.82) is 0 Å². The number of rotatable bonds is 3. The molecule has 104 valence electrons. The van der Waals surface area contributed by atoms with Crippen molar-refractivity contribution >= 4 is 27.6 Å². The van der Waals surface area contributed by atoms with Crippen molar-refractivity contribution in [3.8, 4) is 0 Å². The first-order valence-corrected chi connectivity index (χ1v) is 6.73. The molecule has 2 N–H and O–H groups in total. The number of esters is 1. The second kappa shape index (κ2) is 6.05. The minimum Gasteiger partial charge on any atom is -0.457 e. The van der Waals surface area contributed by atoms with Crippen LogP contribution in [0.3, 0.4) is 0 Å². The van der Waals surface area contributed by atoms with E-state index in [4.69, 9.17) is 10.5 Å². The highest BCUT2D eigenvalue weighted by Gasteiger charge is 2.11. The Hall–Kier alpha value is -1.88. The van der Waals surface area contributed by atoms with Gasteiger partial charge in [0.2, 0.25) is 0 Å². The van der Waals surface area contributed by atoms with Crippen LogP contribution in [0.1, 0.15) is 21.5 Å². The van der Waals surface area contributed by atoms with Gasteiger partial charge in [-0.15, -0.1) is 0 Å². The van der Waals surface area contributed by atoms with Gasteiger partial charge in [-0.05, 0) is 54.4 Å². The number of benzene rings is 2. The first-order chi connectivity index (χ1) is 9.45. The second-order valence-electron chi connectivity index (χ2n) is 4.43. The molecule has 20 heavy (non-hydrogen) atoms. The van der Waals surface area contributed by atoms with Gasteiger partial charge in [0, 0.05) is 10.2 Å². The quantitative estimate of drug-likeness (QED) is 0.683. The zero-order chi connectivity index (χ0) is 14.7. The number of halogens is 2. The number of hydrogen-bond acceptors (Lipinski definition) is 3. The fourth-order valence-electron chi connectivity index (χ4n) is 1.84. The average molecular weight is 338 g/mol. The highest BCUT2D eigenvalue weighted by Crippen LogP contribution is 2.17. The molecule has 0 aliphatic rings. The molecule has 2 rings (SSSR count). The molecule has 0 heterocycles. The maximum Gasteiger partial charge on any atom is 0.338 e. The van der Waals surface area contributed by atoms with Gasteiger partial charge in [0.25, 0.3) is 0 Å². The van der Waals surface area contributed by atoms with E-state index in [0.717, 1.165) is 5.56 Å². The Morgan fingerprint density at radius 1 is 1.30 bits per heavy atom. The number of hydrogen-bond donors (Lipinski definition) is 1. The van der Waals surface area contributed by atoms with E-state index in [1.807, 2.05) is 0 Å². The normalized spacial score (nSPS) is 10.3. The van der Waals surface area contributed by atoms with Gasteiger partial charge in [0.15, 0.2) is 0 Å². The molecule has 0 fully saturated rings. The van der Waals surface area contributed by atoms with Crippen molar-refractivity contribution in [2.45, 2.75) is 13.5 Å². The monoisotopic (exact) mass is 337 g/mol. The molecule has 0 aromatic heterocycles. The van der Waals surface area contributed by atoms with Crippen LogP contribution in [0, 0.1) is 12.7 Å². The number of carbonyl (C=O) groups excluding carboxylic acids is 1. The topological polar surface area (TPSA) is 52.3 Å². The minimum absolute atomic E-state index is 0.0129.